The highest BCUT2D eigenvalue weighted by atomic mass is 35.5. The summed E-state index contributed by atoms with van der Waals surface area (Å²) in [5.74, 6) is 0. The van der Waals surface area contributed by atoms with Crippen LogP contribution in [0.25, 0.3) is 0 Å². The van der Waals surface area contributed by atoms with Crippen LogP contribution in [0.15, 0.2) is 39.3 Å². The molecule has 6 heteroatoms. The molecule has 0 saturated carbocycles. The predicted octanol–water partition coefficient (Wildman–Crippen LogP) is 3.93. The Morgan fingerprint density at radius 2 is 2.05 bits per heavy atom. The maximum absolute atomic E-state index is 11.6. The third-order valence-corrected chi connectivity index (χ3v) is 3.03. The lowest BCUT2D eigenvalue weighted by atomic mass is 10.1. The van der Waals surface area contributed by atoms with Crippen LogP contribution in [0.2, 0.25) is 5.02 Å². The fraction of sp³-hybridized carbons (Fsp3) is 0.143. The lowest BCUT2D eigenvalue weighted by Gasteiger charge is -2.04. The molecule has 5 nitrogen and oxygen atoms in total. The fourth-order valence-corrected chi connectivity index (χ4v) is 1.98. The second kappa shape index (κ2) is 5.68. The minimum Gasteiger partial charge on any atom is -0.323 e. The van der Waals surface area contributed by atoms with Gasteiger partial charge in [0.1, 0.15) is 17.3 Å². The van der Waals surface area contributed by atoms with E-state index in [1.807, 2.05) is 6.07 Å². The molecule has 2 rings (SSSR count). The zero-order chi connectivity index (χ0) is 14.7. The highest BCUT2D eigenvalue weighted by molar-refractivity contribution is 6.30. The average molecular weight is 287 g/mol. The molecule has 0 radical (unpaired) electrons. The number of azo groups is 1. The molecular formula is C14H11ClN4O. The Kier molecular flexibility index (Phi) is 3.97. The van der Waals surface area contributed by atoms with Gasteiger partial charge in [0.05, 0.1) is 5.69 Å². The molecule has 0 bridgehead atoms. The molecule has 0 unspecified atom stereocenters. The molecule has 0 aliphatic carbocycles. The molecule has 0 aliphatic heterocycles. The minimum atomic E-state index is -0.413. The number of nitrogens with zero attached hydrogens (tertiary/aromatic N) is 3. The molecule has 20 heavy (non-hydrogen) atoms. The van der Waals surface area contributed by atoms with Gasteiger partial charge < -0.3 is 4.98 Å². The van der Waals surface area contributed by atoms with Gasteiger partial charge in [-0.3, -0.25) is 4.79 Å². The average Bonchev–Trinajstić information content (AvgIpc) is 2.38. The number of benzene rings is 1. The summed E-state index contributed by atoms with van der Waals surface area (Å²) in [7, 11) is 0. The maximum Gasteiger partial charge on any atom is 0.266 e. The first-order valence-corrected chi connectivity index (χ1v) is 6.21. The normalized spacial score (nSPS) is 10.7. The first kappa shape index (κ1) is 14.0. The van der Waals surface area contributed by atoms with Gasteiger partial charge in [0.25, 0.3) is 5.56 Å². The number of nitrogens with one attached hydrogen (secondary N) is 1. The van der Waals surface area contributed by atoms with Crippen LogP contribution in [0.1, 0.15) is 16.8 Å². The molecule has 0 aliphatic rings. The number of rotatable bonds is 2. The standard InChI is InChI=1S/C14H11ClN4O/c1-8-12(7-16)14(20)17-9(2)13(8)19-18-11-5-3-4-10(15)6-11/h3-6H,1-2H3,(H,17,20). The van der Waals surface area contributed by atoms with E-state index in [0.717, 1.165) is 0 Å². The third-order valence-electron chi connectivity index (χ3n) is 2.80. The Bertz CT molecular complexity index is 787. The molecule has 0 spiro atoms. The van der Waals surface area contributed by atoms with Gasteiger partial charge in [-0.1, -0.05) is 17.7 Å². The number of hydrogen-bond donors (Lipinski definition) is 1. The monoisotopic (exact) mass is 286 g/mol. The number of pyridine rings is 1. The van der Waals surface area contributed by atoms with Crippen molar-refractivity contribution in [3.63, 3.8) is 0 Å². The molecule has 1 aromatic heterocycles. The van der Waals surface area contributed by atoms with E-state index in [4.69, 9.17) is 16.9 Å². The van der Waals surface area contributed by atoms with Crippen LogP contribution in [0.5, 0.6) is 0 Å². The second-order valence-electron chi connectivity index (χ2n) is 4.22. The molecule has 0 atom stereocenters. The molecule has 0 saturated heterocycles. The Labute approximate surface area is 120 Å². The number of H-pyrrole nitrogens is 1. The van der Waals surface area contributed by atoms with E-state index in [0.29, 0.717) is 27.7 Å². The maximum atomic E-state index is 11.6. The molecule has 0 amide bonds. The van der Waals surface area contributed by atoms with Crippen LogP contribution in [0, 0.1) is 25.2 Å². The van der Waals surface area contributed by atoms with Crippen LogP contribution in [0.4, 0.5) is 11.4 Å². The summed E-state index contributed by atoms with van der Waals surface area (Å²) in [6, 6.07) is 8.81. The largest absolute Gasteiger partial charge is 0.323 e. The van der Waals surface area contributed by atoms with Crippen molar-refractivity contribution in [2.75, 3.05) is 0 Å². The van der Waals surface area contributed by atoms with E-state index in [1.165, 1.54) is 0 Å². The first-order valence-electron chi connectivity index (χ1n) is 5.84. The molecular weight excluding hydrogens is 276 g/mol. The highest BCUT2D eigenvalue weighted by Gasteiger charge is 2.11. The highest BCUT2D eigenvalue weighted by Crippen LogP contribution is 2.26. The summed E-state index contributed by atoms with van der Waals surface area (Å²) in [4.78, 5) is 14.2. The minimum absolute atomic E-state index is 0.0515. The lowest BCUT2D eigenvalue weighted by molar-refractivity contribution is 1.07. The van der Waals surface area contributed by atoms with Gasteiger partial charge in [-0.2, -0.15) is 10.4 Å². The number of nitriles is 1. The van der Waals surface area contributed by atoms with Gasteiger partial charge in [-0.15, -0.1) is 5.11 Å². The second-order valence-corrected chi connectivity index (χ2v) is 4.66. The smallest absolute Gasteiger partial charge is 0.266 e. The molecule has 1 N–H and O–H groups in total. The Hall–Kier alpha value is -2.45. The number of aromatic nitrogens is 1. The van der Waals surface area contributed by atoms with Gasteiger partial charge >= 0.3 is 0 Å². The summed E-state index contributed by atoms with van der Waals surface area (Å²) in [6.07, 6.45) is 0. The van der Waals surface area contributed by atoms with Crippen molar-refractivity contribution in [2.24, 2.45) is 10.2 Å². The first-order chi connectivity index (χ1) is 9.52. The van der Waals surface area contributed by atoms with Crippen molar-refractivity contribution >= 4 is 23.0 Å². The quantitative estimate of drug-likeness (QED) is 0.849. The predicted molar refractivity (Wildman–Crippen MR) is 76.9 cm³/mol. The van der Waals surface area contributed by atoms with Crippen LogP contribution in [0.3, 0.4) is 0 Å². The fourth-order valence-electron chi connectivity index (χ4n) is 1.79. The zero-order valence-electron chi connectivity index (χ0n) is 10.9. The summed E-state index contributed by atoms with van der Waals surface area (Å²) < 4.78 is 0. The van der Waals surface area contributed by atoms with Crippen molar-refractivity contribution in [1.82, 2.24) is 4.98 Å². The number of hydrogen-bond acceptors (Lipinski definition) is 4. The number of aryl methyl sites for hydroxylation is 1. The van der Waals surface area contributed by atoms with E-state index < -0.39 is 5.56 Å². The number of halogens is 1. The van der Waals surface area contributed by atoms with Gasteiger partial charge in [-0.05, 0) is 32.0 Å². The number of aromatic amines is 1. The zero-order valence-corrected chi connectivity index (χ0v) is 11.7. The van der Waals surface area contributed by atoms with Crippen molar-refractivity contribution < 1.29 is 0 Å². The summed E-state index contributed by atoms with van der Waals surface area (Å²) in [5.41, 5.74) is 1.80. The molecule has 100 valence electrons. The van der Waals surface area contributed by atoms with Crippen LogP contribution in [-0.4, -0.2) is 4.98 Å². The van der Waals surface area contributed by atoms with Gasteiger partial charge in [0.2, 0.25) is 0 Å². The lowest BCUT2D eigenvalue weighted by Crippen LogP contribution is -2.13. The SMILES string of the molecule is Cc1[nH]c(=O)c(C#N)c(C)c1N=Nc1cccc(Cl)c1. The summed E-state index contributed by atoms with van der Waals surface area (Å²) in [6.45, 7) is 3.38. The molecule has 1 aromatic carbocycles. The van der Waals surface area contributed by atoms with E-state index in [2.05, 4.69) is 15.2 Å². The van der Waals surface area contributed by atoms with Gasteiger partial charge in [0.15, 0.2) is 0 Å². The van der Waals surface area contributed by atoms with E-state index in [1.54, 1.807) is 38.1 Å². The van der Waals surface area contributed by atoms with Crippen molar-refractivity contribution in [3.05, 3.63) is 56.5 Å². The summed E-state index contributed by atoms with van der Waals surface area (Å²) >= 11 is 5.87. The molecule has 2 aromatic rings. The Balaban J connectivity index is 2.50. The Morgan fingerprint density at radius 1 is 1.30 bits per heavy atom. The Morgan fingerprint density at radius 3 is 2.70 bits per heavy atom. The van der Waals surface area contributed by atoms with Crippen LogP contribution in [-0.2, 0) is 0 Å². The van der Waals surface area contributed by atoms with Crippen LogP contribution >= 0.6 is 11.6 Å². The third kappa shape index (κ3) is 2.76. The van der Waals surface area contributed by atoms with E-state index in [-0.39, 0.29) is 5.56 Å². The van der Waals surface area contributed by atoms with Crippen molar-refractivity contribution in [2.45, 2.75) is 13.8 Å². The van der Waals surface area contributed by atoms with Crippen molar-refractivity contribution in [3.8, 4) is 6.07 Å². The van der Waals surface area contributed by atoms with Gasteiger partial charge in [-0.25, -0.2) is 0 Å². The summed E-state index contributed by atoms with van der Waals surface area (Å²) in [5, 5.41) is 17.7. The van der Waals surface area contributed by atoms with Crippen molar-refractivity contribution in [1.29, 1.82) is 5.26 Å². The van der Waals surface area contributed by atoms with E-state index in [9.17, 15) is 4.79 Å². The van der Waals surface area contributed by atoms with Crippen LogP contribution < -0.4 is 5.56 Å². The van der Waals surface area contributed by atoms with E-state index >= 15 is 0 Å². The van der Waals surface area contributed by atoms with Gasteiger partial charge in [0, 0.05) is 16.3 Å². The molecule has 1 heterocycles. The topological polar surface area (TPSA) is 81.4 Å². The molecule has 0 fully saturated rings.